The monoisotopic (exact) mass is 493 g/mol. The third kappa shape index (κ3) is 4.54. The van der Waals surface area contributed by atoms with E-state index in [9.17, 15) is 10.1 Å². The van der Waals surface area contributed by atoms with Crippen molar-refractivity contribution in [3.05, 3.63) is 81.7 Å². The lowest BCUT2D eigenvalue weighted by molar-refractivity contribution is 0.102. The molecule has 0 aliphatic heterocycles. The Hall–Kier alpha value is -3.49. The van der Waals surface area contributed by atoms with Crippen molar-refractivity contribution < 1.29 is 4.79 Å². The second-order valence-corrected chi connectivity index (χ2v) is 11.8. The molecule has 0 fully saturated rings. The van der Waals surface area contributed by atoms with Crippen LogP contribution in [0.3, 0.4) is 0 Å². The Balaban J connectivity index is 1.52. The van der Waals surface area contributed by atoms with Crippen LogP contribution in [0.4, 0.5) is 5.00 Å². The van der Waals surface area contributed by atoms with Crippen molar-refractivity contribution in [1.82, 2.24) is 4.98 Å². The van der Waals surface area contributed by atoms with Crippen molar-refractivity contribution in [2.24, 2.45) is 11.3 Å². The van der Waals surface area contributed by atoms with E-state index >= 15 is 0 Å². The minimum atomic E-state index is -0.206. The summed E-state index contributed by atoms with van der Waals surface area (Å²) in [4.78, 5) is 19.8. The number of benzene rings is 2. The number of carbonyl (C=O) groups is 1. The van der Waals surface area contributed by atoms with Crippen molar-refractivity contribution in [1.29, 1.82) is 5.26 Å². The zero-order valence-electron chi connectivity index (χ0n) is 21.3. The number of hydrogen-bond acceptors (Lipinski definition) is 4. The van der Waals surface area contributed by atoms with Crippen LogP contribution in [0.25, 0.3) is 22.2 Å². The zero-order valence-corrected chi connectivity index (χ0v) is 22.1. The maximum Gasteiger partial charge on any atom is 0.257 e. The SMILES string of the molecule is CCc1ccc(-c2cc(C(=O)Nc3sc4c(c3C#N)CCC(C(C)(C)C)C4)c3ccccc3n2)cc1. The van der Waals surface area contributed by atoms with Crippen molar-refractivity contribution in [2.75, 3.05) is 5.32 Å². The van der Waals surface area contributed by atoms with Gasteiger partial charge in [-0.1, -0.05) is 70.2 Å². The van der Waals surface area contributed by atoms with E-state index in [-0.39, 0.29) is 11.3 Å². The highest BCUT2D eigenvalue weighted by Crippen LogP contribution is 2.44. The number of hydrogen-bond donors (Lipinski definition) is 1. The average Bonchev–Trinajstić information content (AvgIpc) is 3.23. The van der Waals surface area contributed by atoms with Crippen LogP contribution in [-0.2, 0) is 19.3 Å². The normalized spacial score (nSPS) is 15.4. The van der Waals surface area contributed by atoms with E-state index in [0.29, 0.717) is 22.0 Å². The number of nitrogens with zero attached hydrogens (tertiary/aromatic N) is 2. The summed E-state index contributed by atoms with van der Waals surface area (Å²) in [5.41, 5.74) is 6.32. The molecule has 5 heteroatoms. The van der Waals surface area contributed by atoms with E-state index in [0.717, 1.165) is 53.4 Å². The summed E-state index contributed by atoms with van der Waals surface area (Å²) in [6.45, 7) is 8.98. The van der Waals surface area contributed by atoms with Gasteiger partial charge >= 0.3 is 0 Å². The van der Waals surface area contributed by atoms with Crippen LogP contribution < -0.4 is 5.32 Å². The van der Waals surface area contributed by atoms with Gasteiger partial charge in [-0.3, -0.25) is 4.79 Å². The number of para-hydroxylation sites is 1. The lowest BCUT2D eigenvalue weighted by Crippen LogP contribution is -2.26. The molecule has 1 unspecified atom stereocenters. The molecule has 1 aliphatic carbocycles. The molecule has 2 heterocycles. The number of rotatable bonds is 4. The molecule has 1 amide bonds. The van der Waals surface area contributed by atoms with Gasteiger partial charge in [-0.15, -0.1) is 11.3 Å². The van der Waals surface area contributed by atoms with E-state index < -0.39 is 0 Å². The number of thiophene rings is 1. The van der Waals surface area contributed by atoms with E-state index in [2.05, 4.69) is 63.3 Å². The zero-order chi connectivity index (χ0) is 25.4. The van der Waals surface area contributed by atoms with Gasteiger partial charge in [0.2, 0.25) is 0 Å². The number of anilines is 1. The molecule has 2 aromatic carbocycles. The molecular formula is C31H31N3OS. The summed E-state index contributed by atoms with van der Waals surface area (Å²) in [5.74, 6) is 0.368. The molecule has 4 aromatic rings. The van der Waals surface area contributed by atoms with Crippen molar-refractivity contribution in [2.45, 2.75) is 53.4 Å². The molecule has 0 bridgehead atoms. The van der Waals surface area contributed by atoms with E-state index in [1.807, 2.05) is 30.3 Å². The Morgan fingerprint density at radius 2 is 1.92 bits per heavy atom. The van der Waals surface area contributed by atoms with Crippen LogP contribution in [0.5, 0.6) is 0 Å². The Morgan fingerprint density at radius 3 is 2.61 bits per heavy atom. The molecule has 4 nitrogen and oxygen atoms in total. The van der Waals surface area contributed by atoms with E-state index in [1.165, 1.54) is 10.4 Å². The molecule has 1 aliphatic rings. The molecule has 0 radical (unpaired) electrons. The molecule has 0 saturated carbocycles. The third-order valence-electron chi connectivity index (χ3n) is 7.45. The second kappa shape index (κ2) is 9.52. The Morgan fingerprint density at radius 1 is 1.17 bits per heavy atom. The number of amides is 1. The molecule has 2 aromatic heterocycles. The summed E-state index contributed by atoms with van der Waals surface area (Å²) in [6, 6.07) is 20.3. The molecular weight excluding hydrogens is 462 g/mol. The van der Waals surface area contributed by atoms with Gasteiger partial charge in [0.05, 0.1) is 22.3 Å². The quantitative estimate of drug-likeness (QED) is 0.315. The van der Waals surface area contributed by atoms with Gasteiger partial charge in [0.25, 0.3) is 5.91 Å². The summed E-state index contributed by atoms with van der Waals surface area (Å²) in [7, 11) is 0. The van der Waals surface area contributed by atoms with Crippen LogP contribution in [0, 0.1) is 22.7 Å². The number of nitriles is 1. The lowest BCUT2D eigenvalue weighted by atomic mass is 9.72. The maximum absolute atomic E-state index is 13.7. The van der Waals surface area contributed by atoms with Gasteiger partial charge in [0.15, 0.2) is 0 Å². The predicted octanol–water partition coefficient (Wildman–Crippen LogP) is 7.80. The highest BCUT2D eigenvalue weighted by Gasteiger charge is 2.32. The second-order valence-electron chi connectivity index (χ2n) is 10.7. The van der Waals surface area contributed by atoms with Gasteiger partial charge in [0, 0.05) is 15.8 Å². The topological polar surface area (TPSA) is 65.8 Å². The first-order valence-corrected chi connectivity index (χ1v) is 13.4. The van der Waals surface area contributed by atoms with Crippen molar-refractivity contribution in [3.63, 3.8) is 0 Å². The highest BCUT2D eigenvalue weighted by atomic mass is 32.1. The number of fused-ring (bicyclic) bond motifs is 2. The van der Waals surface area contributed by atoms with Crippen LogP contribution in [0.1, 0.15) is 66.0 Å². The number of pyridine rings is 1. The first-order valence-electron chi connectivity index (χ1n) is 12.6. The number of nitrogens with one attached hydrogen (secondary N) is 1. The van der Waals surface area contributed by atoms with Gasteiger partial charge < -0.3 is 5.32 Å². The molecule has 0 saturated heterocycles. The fourth-order valence-electron chi connectivity index (χ4n) is 5.12. The minimum absolute atomic E-state index is 0.206. The Bertz CT molecular complexity index is 1490. The smallest absolute Gasteiger partial charge is 0.257 e. The van der Waals surface area contributed by atoms with Crippen LogP contribution >= 0.6 is 11.3 Å². The van der Waals surface area contributed by atoms with Crippen LogP contribution in [0.2, 0.25) is 0 Å². The van der Waals surface area contributed by atoms with Gasteiger partial charge in [-0.25, -0.2) is 4.98 Å². The standard InChI is InChI=1S/C31H31N3OS/c1-5-19-10-12-20(13-11-19)27-17-24(22-8-6-7-9-26(22)33-27)29(35)34-30-25(18-32)23-15-14-21(31(2,3)4)16-28(23)36-30/h6-13,17,21H,5,14-16H2,1-4H3,(H,34,35). The summed E-state index contributed by atoms with van der Waals surface area (Å²) in [5, 5.41) is 14.5. The van der Waals surface area contributed by atoms with Crippen LogP contribution in [-0.4, -0.2) is 10.9 Å². The fourth-order valence-corrected chi connectivity index (χ4v) is 6.40. The number of aryl methyl sites for hydroxylation is 1. The Labute approximate surface area is 217 Å². The largest absolute Gasteiger partial charge is 0.312 e. The lowest BCUT2D eigenvalue weighted by Gasteiger charge is -2.33. The first kappa shape index (κ1) is 24.2. The molecule has 1 atom stereocenters. The van der Waals surface area contributed by atoms with E-state index in [1.54, 1.807) is 11.3 Å². The predicted molar refractivity (Wildman–Crippen MR) is 149 cm³/mol. The molecule has 5 rings (SSSR count). The molecule has 182 valence electrons. The van der Waals surface area contributed by atoms with Gasteiger partial charge in [-0.2, -0.15) is 5.26 Å². The summed E-state index contributed by atoms with van der Waals surface area (Å²) < 4.78 is 0. The summed E-state index contributed by atoms with van der Waals surface area (Å²) >= 11 is 1.57. The highest BCUT2D eigenvalue weighted by molar-refractivity contribution is 7.16. The molecule has 1 N–H and O–H groups in total. The fraction of sp³-hybridized carbons (Fsp3) is 0.323. The number of aromatic nitrogens is 1. The number of carbonyl (C=O) groups excluding carboxylic acids is 1. The van der Waals surface area contributed by atoms with Crippen molar-refractivity contribution in [3.8, 4) is 17.3 Å². The van der Waals surface area contributed by atoms with Crippen LogP contribution in [0.15, 0.2) is 54.6 Å². The summed E-state index contributed by atoms with van der Waals surface area (Å²) in [6.07, 6.45) is 3.90. The van der Waals surface area contributed by atoms with Gasteiger partial charge in [0.1, 0.15) is 11.1 Å². The van der Waals surface area contributed by atoms with Gasteiger partial charge in [-0.05, 0) is 60.3 Å². The Kier molecular flexibility index (Phi) is 6.40. The average molecular weight is 494 g/mol. The molecule has 0 spiro atoms. The van der Waals surface area contributed by atoms with Crippen molar-refractivity contribution >= 4 is 33.1 Å². The minimum Gasteiger partial charge on any atom is -0.312 e. The first-order chi connectivity index (χ1) is 17.3. The van der Waals surface area contributed by atoms with E-state index in [4.69, 9.17) is 4.98 Å². The molecule has 36 heavy (non-hydrogen) atoms. The maximum atomic E-state index is 13.7. The third-order valence-corrected chi connectivity index (χ3v) is 8.62.